The van der Waals surface area contributed by atoms with Crippen LogP contribution in [0.2, 0.25) is 0 Å². The fraction of sp³-hybridized carbons (Fsp3) is 0.385. The molecule has 1 aromatic heterocycles. The summed E-state index contributed by atoms with van der Waals surface area (Å²) in [5, 5.41) is 14.4. The lowest BCUT2D eigenvalue weighted by atomic mass is 10.3. The van der Waals surface area contributed by atoms with Gasteiger partial charge in [0.25, 0.3) is 0 Å². The normalized spacial score (nSPS) is 14.1. The molecule has 1 N–H and O–H groups in total. The molecular weight excluding hydrogens is 258 g/mol. The van der Waals surface area contributed by atoms with E-state index in [1.807, 2.05) is 24.3 Å². The van der Waals surface area contributed by atoms with Gasteiger partial charge in [0.1, 0.15) is 5.75 Å². The van der Waals surface area contributed by atoms with E-state index in [4.69, 9.17) is 4.74 Å². The Labute approximate surface area is 115 Å². The summed E-state index contributed by atoms with van der Waals surface area (Å²) in [7, 11) is 1.62. The molecule has 0 aliphatic heterocycles. The van der Waals surface area contributed by atoms with E-state index in [1.54, 1.807) is 11.8 Å². The fourth-order valence-corrected chi connectivity index (χ4v) is 1.90. The molecule has 0 unspecified atom stereocenters. The van der Waals surface area contributed by atoms with Crippen molar-refractivity contribution in [2.24, 2.45) is 5.92 Å². The zero-order valence-electron chi connectivity index (χ0n) is 11.1. The average molecular weight is 273 g/mol. The minimum absolute atomic E-state index is 0.0780. The van der Waals surface area contributed by atoms with E-state index in [0.717, 1.165) is 24.3 Å². The number of benzene rings is 1. The molecule has 7 heteroatoms. The number of methoxy groups -OCH3 is 1. The van der Waals surface area contributed by atoms with Gasteiger partial charge in [0.2, 0.25) is 5.91 Å². The molecule has 1 amide bonds. The Morgan fingerprint density at radius 2 is 2.15 bits per heavy atom. The second-order valence-electron chi connectivity index (χ2n) is 4.70. The van der Waals surface area contributed by atoms with E-state index in [0.29, 0.717) is 12.4 Å². The van der Waals surface area contributed by atoms with Crippen LogP contribution in [0.15, 0.2) is 24.3 Å². The molecule has 3 rings (SSSR count). The second-order valence-corrected chi connectivity index (χ2v) is 4.70. The average Bonchev–Trinajstić information content (AvgIpc) is 3.24. The number of hydrogen-bond acceptors (Lipinski definition) is 5. The number of hydrogen-bond donors (Lipinski definition) is 1. The highest BCUT2D eigenvalue weighted by Gasteiger charge is 2.29. The highest BCUT2D eigenvalue weighted by Crippen LogP contribution is 2.28. The highest BCUT2D eigenvalue weighted by molar-refractivity contribution is 5.80. The minimum atomic E-state index is 0.0780. The molecule has 104 valence electrons. The number of aromatic nitrogens is 4. The molecule has 1 aliphatic rings. The van der Waals surface area contributed by atoms with E-state index >= 15 is 0 Å². The Hall–Kier alpha value is -2.44. The van der Waals surface area contributed by atoms with Crippen LogP contribution in [-0.4, -0.2) is 33.2 Å². The topological polar surface area (TPSA) is 81.9 Å². The third-order valence-electron chi connectivity index (χ3n) is 3.22. The number of tetrazole rings is 1. The molecular formula is C13H15N5O2. The zero-order valence-corrected chi connectivity index (χ0v) is 11.1. The van der Waals surface area contributed by atoms with E-state index in [2.05, 4.69) is 20.8 Å². The molecule has 0 atom stereocenters. The molecule has 0 saturated heterocycles. The van der Waals surface area contributed by atoms with Crippen molar-refractivity contribution in [3.63, 3.8) is 0 Å². The van der Waals surface area contributed by atoms with Crippen molar-refractivity contribution in [3.05, 3.63) is 30.1 Å². The summed E-state index contributed by atoms with van der Waals surface area (Å²) >= 11 is 0. The van der Waals surface area contributed by atoms with Crippen molar-refractivity contribution in [2.45, 2.75) is 19.4 Å². The Kier molecular flexibility index (Phi) is 3.32. The van der Waals surface area contributed by atoms with Gasteiger partial charge in [0.05, 0.1) is 19.3 Å². The van der Waals surface area contributed by atoms with Gasteiger partial charge in [-0.05, 0) is 47.5 Å². The summed E-state index contributed by atoms with van der Waals surface area (Å²) in [6.07, 6.45) is 1.96. The van der Waals surface area contributed by atoms with E-state index in [9.17, 15) is 4.79 Å². The largest absolute Gasteiger partial charge is 0.497 e. The van der Waals surface area contributed by atoms with Crippen molar-refractivity contribution in [3.8, 4) is 11.4 Å². The van der Waals surface area contributed by atoms with Gasteiger partial charge in [0.15, 0.2) is 5.82 Å². The van der Waals surface area contributed by atoms with Gasteiger partial charge in [-0.15, -0.1) is 5.10 Å². The lowest BCUT2D eigenvalue weighted by Crippen LogP contribution is -2.25. The van der Waals surface area contributed by atoms with Crippen LogP contribution in [-0.2, 0) is 11.3 Å². The fourth-order valence-electron chi connectivity index (χ4n) is 1.90. The van der Waals surface area contributed by atoms with E-state index in [-0.39, 0.29) is 11.8 Å². The van der Waals surface area contributed by atoms with Gasteiger partial charge in [0, 0.05) is 5.92 Å². The first-order chi connectivity index (χ1) is 9.78. The van der Waals surface area contributed by atoms with Gasteiger partial charge in [-0.25, -0.2) is 0 Å². The van der Waals surface area contributed by atoms with Crippen LogP contribution < -0.4 is 10.1 Å². The van der Waals surface area contributed by atoms with E-state index in [1.165, 1.54) is 0 Å². The Morgan fingerprint density at radius 1 is 1.40 bits per heavy atom. The standard InChI is InChI=1S/C13H15N5O2/c1-20-11-6-4-10(5-7-11)18-12(15-16-17-18)8-14-13(19)9-2-3-9/h4-7,9H,2-3,8H2,1H3,(H,14,19). The first-order valence-electron chi connectivity index (χ1n) is 6.47. The highest BCUT2D eigenvalue weighted by atomic mass is 16.5. The molecule has 1 saturated carbocycles. The van der Waals surface area contributed by atoms with Gasteiger partial charge >= 0.3 is 0 Å². The maximum absolute atomic E-state index is 11.6. The van der Waals surface area contributed by atoms with Gasteiger partial charge < -0.3 is 10.1 Å². The summed E-state index contributed by atoms with van der Waals surface area (Å²) < 4.78 is 6.71. The van der Waals surface area contributed by atoms with Crippen molar-refractivity contribution >= 4 is 5.91 Å². The van der Waals surface area contributed by atoms with Crippen LogP contribution >= 0.6 is 0 Å². The Bertz CT molecular complexity index is 603. The van der Waals surface area contributed by atoms with Gasteiger partial charge in [-0.1, -0.05) is 0 Å². The third kappa shape index (κ3) is 2.61. The molecule has 1 aromatic carbocycles. The number of ether oxygens (including phenoxy) is 1. The van der Waals surface area contributed by atoms with Crippen LogP contribution in [0.25, 0.3) is 5.69 Å². The lowest BCUT2D eigenvalue weighted by molar-refractivity contribution is -0.122. The summed E-state index contributed by atoms with van der Waals surface area (Å²) in [4.78, 5) is 11.6. The predicted molar refractivity (Wildman–Crippen MR) is 70.3 cm³/mol. The molecule has 1 aliphatic carbocycles. The lowest BCUT2D eigenvalue weighted by Gasteiger charge is -2.06. The molecule has 7 nitrogen and oxygen atoms in total. The third-order valence-corrected chi connectivity index (χ3v) is 3.22. The number of carbonyl (C=O) groups is 1. The van der Waals surface area contributed by atoms with Crippen molar-refractivity contribution in [1.82, 2.24) is 25.5 Å². The monoisotopic (exact) mass is 273 g/mol. The summed E-state index contributed by atoms with van der Waals surface area (Å²) in [6, 6.07) is 7.40. The van der Waals surface area contributed by atoms with Crippen LogP contribution in [0.4, 0.5) is 0 Å². The van der Waals surface area contributed by atoms with Crippen molar-refractivity contribution < 1.29 is 9.53 Å². The van der Waals surface area contributed by atoms with Crippen LogP contribution in [0.5, 0.6) is 5.75 Å². The SMILES string of the molecule is COc1ccc(-n2nnnc2CNC(=O)C2CC2)cc1. The maximum atomic E-state index is 11.6. The number of amides is 1. The molecule has 1 heterocycles. The maximum Gasteiger partial charge on any atom is 0.223 e. The first-order valence-corrected chi connectivity index (χ1v) is 6.47. The van der Waals surface area contributed by atoms with Crippen molar-refractivity contribution in [1.29, 1.82) is 0 Å². The number of nitrogens with one attached hydrogen (secondary N) is 1. The number of nitrogens with zero attached hydrogens (tertiary/aromatic N) is 4. The van der Waals surface area contributed by atoms with Crippen LogP contribution in [0.3, 0.4) is 0 Å². The second kappa shape index (κ2) is 5.28. The molecule has 2 aromatic rings. The quantitative estimate of drug-likeness (QED) is 0.867. The first kappa shape index (κ1) is 12.6. The summed E-state index contributed by atoms with van der Waals surface area (Å²) in [6.45, 7) is 0.328. The summed E-state index contributed by atoms with van der Waals surface area (Å²) in [5.74, 6) is 1.63. The van der Waals surface area contributed by atoms with Crippen LogP contribution in [0, 0.1) is 5.92 Å². The summed E-state index contributed by atoms with van der Waals surface area (Å²) in [5.41, 5.74) is 0.825. The number of rotatable bonds is 5. The molecule has 0 spiro atoms. The molecule has 0 bridgehead atoms. The van der Waals surface area contributed by atoms with Gasteiger partial charge in [-0.2, -0.15) is 4.68 Å². The predicted octanol–water partition coefficient (Wildman–Crippen LogP) is 0.697. The Morgan fingerprint density at radius 3 is 2.80 bits per heavy atom. The van der Waals surface area contributed by atoms with Crippen molar-refractivity contribution in [2.75, 3.05) is 7.11 Å². The van der Waals surface area contributed by atoms with E-state index < -0.39 is 0 Å². The Balaban J connectivity index is 1.72. The molecule has 1 fully saturated rings. The smallest absolute Gasteiger partial charge is 0.223 e. The molecule has 20 heavy (non-hydrogen) atoms. The van der Waals surface area contributed by atoms with Crippen LogP contribution in [0.1, 0.15) is 18.7 Å². The molecule has 0 radical (unpaired) electrons. The zero-order chi connectivity index (χ0) is 13.9. The van der Waals surface area contributed by atoms with Gasteiger partial charge in [-0.3, -0.25) is 4.79 Å². The minimum Gasteiger partial charge on any atom is -0.497 e. The number of carbonyl (C=O) groups excluding carboxylic acids is 1.